The zero-order valence-electron chi connectivity index (χ0n) is 11.8. The van der Waals surface area contributed by atoms with Gasteiger partial charge in [-0.05, 0) is 18.8 Å². The topological polar surface area (TPSA) is 64.7 Å². The van der Waals surface area contributed by atoms with E-state index in [-0.39, 0.29) is 18.0 Å². The molecule has 0 aliphatic carbocycles. The highest BCUT2D eigenvalue weighted by atomic mass is 16.2. The molecule has 6 nitrogen and oxygen atoms in total. The van der Waals surface area contributed by atoms with Gasteiger partial charge in [0.15, 0.2) is 0 Å². The second-order valence-electron chi connectivity index (χ2n) is 5.75. The minimum atomic E-state index is -0.319. The molecule has 0 aromatic heterocycles. The molecule has 2 aliphatic rings. The summed E-state index contributed by atoms with van der Waals surface area (Å²) < 4.78 is 0. The molecule has 1 unspecified atom stereocenters. The number of imide groups is 1. The van der Waals surface area contributed by atoms with Crippen LogP contribution in [0.15, 0.2) is 0 Å². The van der Waals surface area contributed by atoms with Crippen LogP contribution in [0.25, 0.3) is 0 Å². The first-order chi connectivity index (χ1) is 9.08. The number of nitrogens with one attached hydrogen (secondary N) is 2. The molecule has 2 rings (SSSR count). The molecule has 2 fully saturated rings. The van der Waals surface area contributed by atoms with Crippen LogP contribution in [0.3, 0.4) is 0 Å². The first-order valence-electron chi connectivity index (χ1n) is 7.13. The van der Waals surface area contributed by atoms with Gasteiger partial charge in [-0.25, -0.2) is 4.79 Å². The van der Waals surface area contributed by atoms with E-state index in [2.05, 4.69) is 29.4 Å². The van der Waals surface area contributed by atoms with Crippen LogP contribution >= 0.6 is 0 Å². The highest BCUT2D eigenvalue weighted by Gasteiger charge is 2.37. The van der Waals surface area contributed by atoms with Crippen LogP contribution in [-0.4, -0.2) is 60.6 Å². The Labute approximate surface area is 114 Å². The van der Waals surface area contributed by atoms with Gasteiger partial charge in [-0.1, -0.05) is 13.8 Å². The van der Waals surface area contributed by atoms with Crippen LogP contribution < -0.4 is 10.6 Å². The molecule has 0 spiro atoms. The highest BCUT2D eigenvalue weighted by molar-refractivity contribution is 6.04. The van der Waals surface area contributed by atoms with Gasteiger partial charge in [-0.15, -0.1) is 0 Å². The van der Waals surface area contributed by atoms with Gasteiger partial charge in [0.05, 0.1) is 0 Å². The van der Waals surface area contributed by atoms with Gasteiger partial charge in [0.25, 0.3) is 5.91 Å². The van der Waals surface area contributed by atoms with E-state index < -0.39 is 0 Å². The molecule has 2 aliphatic heterocycles. The maximum absolute atomic E-state index is 12.1. The van der Waals surface area contributed by atoms with Gasteiger partial charge in [-0.2, -0.15) is 0 Å². The number of rotatable bonds is 6. The van der Waals surface area contributed by atoms with Gasteiger partial charge in [-0.3, -0.25) is 14.6 Å². The Hall–Kier alpha value is -1.14. The third-order valence-electron chi connectivity index (χ3n) is 3.61. The number of nitrogens with zero attached hydrogens (tertiary/aromatic N) is 2. The lowest BCUT2D eigenvalue weighted by Crippen LogP contribution is -2.34. The van der Waals surface area contributed by atoms with E-state index in [1.54, 1.807) is 0 Å². The van der Waals surface area contributed by atoms with E-state index in [9.17, 15) is 9.59 Å². The second kappa shape index (κ2) is 6.34. The summed E-state index contributed by atoms with van der Waals surface area (Å²) in [5, 5.41) is 6.04. The standard InChI is InChI=1S/C13H24N4O2/c1-10(2)8-11-12(18)17(13(19)15-11)6-3-5-16-7-4-14-9-16/h10-11,14H,3-9H2,1-2H3,(H,15,19). The summed E-state index contributed by atoms with van der Waals surface area (Å²) in [6, 6.07) is -0.545. The first-order valence-corrected chi connectivity index (χ1v) is 7.13. The van der Waals surface area contributed by atoms with Crippen LogP contribution in [0, 0.1) is 5.92 Å². The van der Waals surface area contributed by atoms with Gasteiger partial charge in [0.1, 0.15) is 6.04 Å². The van der Waals surface area contributed by atoms with Gasteiger partial charge >= 0.3 is 6.03 Å². The summed E-state index contributed by atoms with van der Waals surface area (Å²) in [6.45, 7) is 8.56. The molecular formula is C13H24N4O2. The highest BCUT2D eigenvalue weighted by Crippen LogP contribution is 2.14. The fourth-order valence-corrected chi connectivity index (χ4v) is 2.62. The first kappa shape index (κ1) is 14.3. The number of carbonyl (C=O) groups excluding carboxylic acids is 2. The Balaban J connectivity index is 1.76. The molecule has 108 valence electrons. The second-order valence-corrected chi connectivity index (χ2v) is 5.75. The lowest BCUT2D eigenvalue weighted by Gasteiger charge is -2.17. The molecule has 2 saturated heterocycles. The molecule has 3 amide bonds. The van der Waals surface area contributed by atoms with E-state index in [0.29, 0.717) is 12.5 Å². The average Bonchev–Trinajstić information content (AvgIpc) is 2.92. The van der Waals surface area contributed by atoms with Crippen molar-refractivity contribution in [3.05, 3.63) is 0 Å². The number of urea groups is 1. The van der Waals surface area contributed by atoms with E-state index in [0.717, 1.165) is 39.1 Å². The molecule has 0 aromatic rings. The Bertz CT molecular complexity index is 340. The number of carbonyl (C=O) groups is 2. The van der Waals surface area contributed by atoms with Crippen molar-refractivity contribution >= 4 is 11.9 Å². The molecule has 1 atom stereocenters. The Morgan fingerprint density at radius 2 is 2.11 bits per heavy atom. The fraction of sp³-hybridized carbons (Fsp3) is 0.846. The maximum atomic E-state index is 12.1. The Morgan fingerprint density at radius 3 is 2.74 bits per heavy atom. The summed E-state index contributed by atoms with van der Waals surface area (Å²) in [6.07, 6.45) is 1.56. The van der Waals surface area contributed by atoms with Crippen molar-refractivity contribution in [1.29, 1.82) is 0 Å². The maximum Gasteiger partial charge on any atom is 0.324 e. The molecule has 0 bridgehead atoms. The molecule has 2 N–H and O–H groups in total. The van der Waals surface area contributed by atoms with Crippen molar-refractivity contribution in [3.63, 3.8) is 0 Å². The summed E-state index contributed by atoms with van der Waals surface area (Å²) >= 11 is 0. The third kappa shape index (κ3) is 3.67. The summed E-state index contributed by atoms with van der Waals surface area (Å²) in [7, 11) is 0. The van der Waals surface area contributed by atoms with E-state index in [4.69, 9.17) is 0 Å². The third-order valence-corrected chi connectivity index (χ3v) is 3.61. The smallest absolute Gasteiger partial charge is 0.324 e. The van der Waals surface area contributed by atoms with E-state index in [1.807, 2.05) is 0 Å². The normalized spacial score (nSPS) is 24.6. The molecule has 19 heavy (non-hydrogen) atoms. The minimum absolute atomic E-state index is 0.0572. The average molecular weight is 268 g/mol. The predicted molar refractivity (Wildman–Crippen MR) is 72.5 cm³/mol. The van der Waals surface area contributed by atoms with Gasteiger partial charge in [0, 0.05) is 32.8 Å². The minimum Gasteiger partial charge on any atom is -0.326 e. The summed E-state index contributed by atoms with van der Waals surface area (Å²) in [5.41, 5.74) is 0. The zero-order chi connectivity index (χ0) is 13.8. The van der Waals surface area contributed by atoms with E-state index >= 15 is 0 Å². The number of hydrogen-bond donors (Lipinski definition) is 2. The van der Waals surface area contributed by atoms with Crippen molar-refractivity contribution in [3.8, 4) is 0 Å². The lowest BCUT2D eigenvalue weighted by molar-refractivity contribution is -0.127. The molecule has 0 radical (unpaired) electrons. The lowest BCUT2D eigenvalue weighted by atomic mass is 10.0. The van der Waals surface area contributed by atoms with Crippen LogP contribution in [0.4, 0.5) is 4.79 Å². The molecule has 2 heterocycles. The van der Waals surface area contributed by atoms with Crippen molar-refractivity contribution < 1.29 is 9.59 Å². The zero-order valence-corrected chi connectivity index (χ0v) is 11.8. The molecular weight excluding hydrogens is 244 g/mol. The SMILES string of the molecule is CC(C)CC1NC(=O)N(CCCN2CCNC2)C1=O. The van der Waals surface area contributed by atoms with Crippen LogP contribution in [0.1, 0.15) is 26.7 Å². The van der Waals surface area contributed by atoms with Crippen LogP contribution in [0.5, 0.6) is 0 Å². The molecule has 0 aromatic carbocycles. The van der Waals surface area contributed by atoms with Crippen molar-refractivity contribution in [2.45, 2.75) is 32.7 Å². The summed E-state index contributed by atoms with van der Waals surface area (Å²) in [4.78, 5) is 27.5. The monoisotopic (exact) mass is 268 g/mol. The van der Waals surface area contributed by atoms with Crippen LogP contribution in [-0.2, 0) is 4.79 Å². The predicted octanol–water partition coefficient (Wildman–Crippen LogP) is 0.206. The summed E-state index contributed by atoms with van der Waals surface area (Å²) in [5.74, 6) is 0.350. The van der Waals surface area contributed by atoms with Crippen molar-refractivity contribution in [2.75, 3.05) is 32.8 Å². The van der Waals surface area contributed by atoms with Gasteiger partial charge < -0.3 is 10.6 Å². The Morgan fingerprint density at radius 1 is 1.32 bits per heavy atom. The quantitative estimate of drug-likeness (QED) is 0.676. The fourth-order valence-electron chi connectivity index (χ4n) is 2.62. The van der Waals surface area contributed by atoms with Crippen molar-refractivity contribution in [2.24, 2.45) is 5.92 Å². The van der Waals surface area contributed by atoms with Gasteiger partial charge in [0.2, 0.25) is 0 Å². The van der Waals surface area contributed by atoms with E-state index in [1.165, 1.54) is 4.90 Å². The number of amides is 3. The molecule has 0 saturated carbocycles. The van der Waals surface area contributed by atoms with Crippen LogP contribution in [0.2, 0.25) is 0 Å². The number of hydrogen-bond acceptors (Lipinski definition) is 4. The van der Waals surface area contributed by atoms with Crippen molar-refractivity contribution in [1.82, 2.24) is 20.4 Å². The molecule has 6 heteroatoms. The largest absolute Gasteiger partial charge is 0.326 e. The Kier molecular flexibility index (Phi) is 4.76.